The van der Waals surface area contributed by atoms with E-state index in [2.05, 4.69) is 30.1 Å². The lowest BCUT2D eigenvalue weighted by Gasteiger charge is -2.30. The van der Waals surface area contributed by atoms with E-state index in [1.807, 2.05) is 18.2 Å². The van der Waals surface area contributed by atoms with Crippen molar-refractivity contribution in [2.24, 2.45) is 5.41 Å². The molecular formula is C25H31N3O4S. The van der Waals surface area contributed by atoms with E-state index in [1.54, 1.807) is 16.2 Å². The van der Waals surface area contributed by atoms with Crippen LogP contribution in [0.3, 0.4) is 0 Å². The lowest BCUT2D eigenvalue weighted by Crippen LogP contribution is -2.36. The highest BCUT2D eigenvalue weighted by Gasteiger charge is 2.37. The van der Waals surface area contributed by atoms with Gasteiger partial charge in [-0.3, -0.25) is 4.79 Å². The van der Waals surface area contributed by atoms with Crippen molar-refractivity contribution in [2.75, 3.05) is 49.6 Å². The first-order chi connectivity index (χ1) is 15.8. The summed E-state index contributed by atoms with van der Waals surface area (Å²) in [5.74, 6) is 0.226. The highest BCUT2D eigenvalue weighted by Crippen LogP contribution is 2.49. The van der Waals surface area contributed by atoms with Gasteiger partial charge in [-0.1, -0.05) is 26.0 Å². The van der Waals surface area contributed by atoms with Gasteiger partial charge >= 0.3 is 6.03 Å². The van der Waals surface area contributed by atoms with Crippen molar-refractivity contribution in [3.8, 4) is 11.1 Å². The van der Waals surface area contributed by atoms with Gasteiger partial charge in [0.05, 0.1) is 29.2 Å². The van der Waals surface area contributed by atoms with Gasteiger partial charge in [0.25, 0.3) is 0 Å². The number of nitrogens with zero attached hydrogens (tertiary/aromatic N) is 2. The van der Waals surface area contributed by atoms with Crippen LogP contribution in [0.4, 0.5) is 15.5 Å². The molecule has 5 rings (SSSR count). The molecule has 0 radical (unpaired) electrons. The topological polar surface area (TPSA) is 82.1 Å². The van der Waals surface area contributed by atoms with Crippen LogP contribution in [-0.4, -0.2) is 67.3 Å². The number of Topliss-reactive ketones (excluding diaryl/α,β-unsaturated/α-hetero) is 1. The third-order valence-corrected chi connectivity index (χ3v) is 8.02. The Balaban J connectivity index is 1.52. The highest BCUT2D eigenvalue weighted by molar-refractivity contribution is 7.19. The van der Waals surface area contributed by atoms with Crippen molar-refractivity contribution in [1.82, 2.24) is 4.90 Å². The van der Waals surface area contributed by atoms with Gasteiger partial charge in [0.1, 0.15) is 0 Å². The van der Waals surface area contributed by atoms with Crippen LogP contribution >= 0.6 is 11.3 Å². The predicted molar refractivity (Wildman–Crippen MR) is 130 cm³/mol. The first-order valence-corrected chi connectivity index (χ1v) is 12.5. The molecule has 33 heavy (non-hydrogen) atoms. The van der Waals surface area contributed by atoms with E-state index >= 15 is 0 Å². The zero-order valence-electron chi connectivity index (χ0n) is 19.2. The smallest absolute Gasteiger partial charge is 0.321 e. The summed E-state index contributed by atoms with van der Waals surface area (Å²) in [4.78, 5) is 30.6. The first-order valence-electron chi connectivity index (χ1n) is 11.7. The summed E-state index contributed by atoms with van der Waals surface area (Å²) in [6, 6.07) is 7.71. The number of ketones is 1. The number of hydrogen-bond donors (Lipinski definition) is 2. The molecule has 1 unspecified atom stereocenters. The molecule has 1 atom stereocenters. The maximum atomic E-state index is 13.1. The molecule has 2 saturated heterocycles. The SMILES string of the molecule is CC1(C)CC(=O)c2sc(N3CCOCC3)c(-c3cccc(NC(=O)N4CCC(O)C4)c3)c2C1. The molecule has 1 aromatic carbocycles. The van der Waals surface area contributed by atoms with Crippen LogP contribution in [0.25, 0.3) is 11.1 Å². The van der Waals surface area contributed by atoms with E-state index in [0.717, 1.165) is 46.1 Å². The Bertz CT molecular complexity index is 1070. The van der Waals surface area contributed by atoms with Crippen molar-refractivity contribution in [2.45, 2.75) is 39.2 Å². The number of aliphatic hydroxyl groups excluding tert-OH is 1. The number of rotatable bonds is 3. The number of benzene rings is 1. The molecule has 7 nitrogen and oxygen atoms in total. The minimum absolute atomic E-state index is 0.0788. The summed E-state index contributed by atoms with van der Waals surface area (Å²) in [5, 5.41) is 13.9. The number of urea groups is 1. The van der Waals surface area contributed by atoms with Crippen LogP contribution in [0.15, 0.2) is 24.3 Å². The summed E-state index contributed by atoms with van der Waals surface area (Å²) in [7, 11) is 0. The Morgan fingerprint density at radius 3 is 2.73 bits per heavy atom. The van der Waals surface area contributed by atoms with Crippen molar-refractivity contribution in [1.29, 1.82) is 0 Å². The summed E-state index contributed by atoms with van der Waals surface area (Å²) in [6.07, 6.45) is 1.59. The molecule has 3 aliphatic rings. The quantitative estimate of drug-likeness (QED) is 0.710. The van der Waals surface area contributed by atoms with E-state index in [-0.39, 0.29) is 17.2 Å². The van der Waals surface area contributed by atoms with Crippen LogP contribution < -0.4 is 10.2 Å². The number of nitrogens with one attached hydrogen (secondary N) is 1. The molecule has 0 bridgehead atoms. The molecule has 176 valence electrons. The molecule has 1 aromatic heterocycles. The van der Waals surface area contributed by atoms with Gasteiger partial charge in [-0.2, -0.15) is 0 Å². The number of thiophene rings is 1. The van der Waals surface area contributed by atoms with Gasteiger partial charge < -0.3 is 25.0 Å². The molecule has 2 aromatic rings. The van der Waals surface area contributed by atoms with Crippen LogP contribution in [0.5, 0.6) is 0 Å². The number of ether oxygens (including phenoxy) is 1. The third-order valence-electron chi connectivity index (χ3n) is 6.69. The van der Waals surface area contributed by atoms with E-state index in [1.165, 1.54) is 0 Å². The first kappa shape index (κ1) is 22.4. The van der Waals surface area contributed by atoms with Crippen LogP contribution in [0, 0.1) is 5.41 Å². The zero-order chi connectivity index (χ0) is 23.2. The highest BCUT2D eigenvalue weighted by atomic mass is 32.1. The number of carbonyl (C=O) groups excluding carboxylic acids is 2. The van der Waals surface area contributed by atoms with Gasteiger partial charge in [-0.15, -0.1) is 11.3 Å². The minimum atomic E-state index is -0.448. The monoisotopic (exact) mass is 469 g/mol. The number of amides is 2. The fourth-order valence-electron chi connectivity index (χ4n) is 5.07. The Kier molecular flexibility index (Phi) is 5.93. The summed E-state index contributed by atoms with van der Waals surface area (Å²) >= 11 is 1.61. The molecule has 2 amide bonds. The normalized spacial score (nSPS) is 22.4. The molecule has 8 heteroatoms. The van der Waals surface area contributed by atoms with Crippen LogP contribution in [0.2, 0.25) is 0 Å². The van der Waals surface area contributed by atoms with Crippen LogP contribution in [-0.2, 0) is 11.2 Å². The fourth-order valence-corrected chi connectivity index (χ4v) is 6.40. The second-order valence-corrected chi connectivity index (χ2v) is 11.0. The lowest BCUT2D eigenvalue weighted by atomic mass is 9.75. The number of aliphatic hydroxyl groups is 1. The van der Waals surface area contributed by atoms with E-state index in [9.17, 15) is 14.7 Å². The van der Waals surface area contributed by atoms with Gasteiger partial charge in [-0.25, -0.2) is 4.79 Å². The Morgan fingerprint density at radius 2 is 2.00 bits per heavy atom. The maximum Gasteiger partial charge on any atom is 0.321 e. The molecule has 0 spiro atoms. The predicted octanol–water partition coefficient (Wildman–Crippen LogP) is 4.01. The van der Waals surface area contributed by atoms with E-state index in [4.69, 9.17) is 4.74 Å². The van der Waals surface area contributed by atoms with E-state index < -0.39 is 6.10 Å². The largest absolute Gasteiger partial charge is 0.391 e. The number of hydrogen-bond acceptors (Lipinski definition) is 6. The number of morpholine rings is 1. The standard InChI is InChI=1S/C25H31N3O4S/c1-25(2)13-19-21(23(27-8-10-32-11-9-27)33-22(19)20(30)14-25)16-4-3-5-17(12-16)26-24(31)28-7-6-18(29)15-28/h3-5,12,18,29H,6-11,13-15H2,1-2H3,(H,26,31). The molecule has 1 aliphatic carbocycles. The number of anilines is 2. The molecule has 0 saturated carbocycles. The molecule has 2 fully saturated rings. The van der Waals surface area contributed by atoms with Gasteiger partial charge in [0.15, 0.2) is 5.78 Å². The van der Waals surface area contributed by atoms with Crippen molar-refractivity contribution in [3.63, 3.8) is 0 Å². The van der Waals surface area contributed by atoms with Gasteiger partial charge in [0.2, 0.25) is 0 Å². The average molecular weight is 470 g/mol. The second-order valence-electron chi connectivity index (χ2n) is 10.0. The van der Waals surface area contributed by atoms with Crippen molar-refractivity contribution < 1.29 is 19.4 Å². The van der Waals surface area contributed by atoms with Crippen LogP contribution in [0.1, 0.15) is 41.9 Å². The second kappa shape index (κ2) is 8.74. The number of carbonyl (C=O) groups is 2. The minimum Gasteiger partial charge on any atom is -0.391 e. The summed E-state index contributed by atoms with van der Waals surface area (Å²) in [5.41, 5.74) is 3.90. The van der Waals surface area contributed by atoms with Crippen molar-refractivity contribution in [3.05, 3.63) is 34.7 Å². The third kappa shape index (κ3) is 4.52. The number of β-amino-alcohol motifs (C(OH)–C–C–N with tert-alkyl or cyclic N) is 1. The lowest BCUT2D eigenvalue weighted by molar-refractivity contribution is 0.0918. The van der Waals surface area contributed by atoms with Crippen molar-refractivity contribution >= 4 is 33.8 Å². The Morgan fingerprint density at radius 1 is 1.21 bits per heavy atom. The van der Waals surface area contributed by atoms with Gasteiger partial charge in [-0.05, 0) is 41.5 Å². The average Bonchev–Trinajstić information content (AvgIpc) is 3.38. The summed E-state index contributed by atoms with van der Waals surface area (Å²) in [6.45, 7) is 8.20. The maximum absolute atomic E-state index is 13.1. The molecule has 3 heterocycles. The molecular weight excluding hydrogens is 438 g/mol. The Hall–Kier alpha value is -2.42. The number of likely N-dealkylation sites (tertiary alicyclic amines) is 1. The molecule has 2 aliphatic heterocycles. The van der Waals surface area contributed by atoms with Gasteiger partial charge in [0, 0.05) is 43.9 Å². The Labute approximate surface area is 198 Å². The number of fused-ring (bicyclic) bond motifs is 1. The fraction of sp³-hybridized carbons (Fsp3) is 0.520. The zero-order valence-corrected chi connectivity index (χ0v) is 20.0. The summed E-state index contributed by atoms with van der Waals surface area (Å²) < 4.78 is 5.57. The van der Waals surface area contributed by atoms with E-state index in [0.29, 0.717) is 44.8 Å². The molecule has 2 N–H and O–H groups in total.